The lowest BCUT2D eigenvalue weighted by Gasteiger charge is -2.37. The van der Waals surface area contributed by atoms with E-state index >= 15 is 0 Å². The summed E-state index contributed by atoms with van der Waals surface area (Å²) in [7, 11) is 1.90. The van der Waals surface area contributed by atoms with Gasteiger partial charge < -0.3 is 14.5 Å². The number of hydrogen-bond acceptors (Lipinski definition) is 5. The zero-order valence-corrected chi connectivity index (χ0v) is 18.4. The molecule has 1 aliphatic heterocycles. The minimum Gasteiger partial charge on any atom is -0.492 e. The SMILES string of the molecule is CC(=O)c1ccc(N2CCN(C(=O)CN(C)CCOc3ccccc3C)CC2)c(F)c1. The van der Waals surface area contributed by atoms with Crippen molar-refractivity contribution in [2.45, 2.75) is 13.8 Å². The number of carbonyl (C=O) groups is 2. The first kappa shape index (κ1) is 22.7. The monoisotopic (exact) mass is 427 g/mol. The third kappa shape index (κ3) is 6.04. The first-order valence-electron chi connectivity index (χ1n) is 10.6. The molecule has 0 atom stereocenters. The second kappa shape index (κ2) is 10.4. The van der Waals surface area contributed by atoms with Gasteiger partial charge >= 0.3 is 0 Å². The second-order valence-corrected chi connectivity index (χ2v) is 7.94. The number of amides is 1. The second-order valence-electron chi connectivity index (χ2n) is 7.94. The number of piperazine rings is 1. The fraction of sp³-hybridized carbons (Fsp3) is 0.417. The third-order valence-corrected chi connectivity index (χ3v) is 5.56. The van der Waals surface area contributed by atoms with E-state index in [1.807, 2.05) is 52.9 Å². The Hall–Kier alpha value is -2.93. The van der Waals surface area contributed by atoms with Crippen LogP contribution in [0.15, 0.2) is 42.5 Å². The number of likely N-dealkylation sites (N-methyl/N-ethyl adjacent to an activating group) is 1. The van der Waals surface area contributed by atoms with E-state index in [0.29, 0.717) is 57.1 Å². The molecular weight excluding hydrogens is 397 g/mol. The smallest absolute Gasteiger partial charge is 0.236 e. The van der Waals surface area contributed by atoms with Crippen molar-refractivity contribution >= 4 is 17.4 Å². The van der Waals surface area contributed by atoms with Gasteiger partial charge in [-0.2, -0.15) is 0 Å². The minimum atomic E-state index is -0.402. The summed E-state index contributed by atoms with van der Waals surface area (Å²) in [5.74, 6) is 0.363. The summed E-state index contributed by atoms with van der Waals surface area (Å²) >= 11 is 0. The van der Waals surface area contributed by atoms with Gasteiger partial charge in [0.2, 0.25) is 5.91 Å². The molecule has 1 fully saturated rings. The standard InChI is InChI=1S/C24H30FN3O3/c1-18-6-4-5-7-23(18)31-15-14-26(3)17-24(30)28-12-10-27(11-13-28)22-9-8-20(19(2)29)16-21(22)25/h4-9,16H,10-15,17H2,1-3H3. The number of carbonyl (C=O) groups excluding carboxylic acids is 2. The van der Waals surface area contributed by atoms with Crippen molar-refractivity contribution in [1.29, 1.82) is 0 Å². The van der Waals surface area contributed by atoms with Gasteiger partial charge in [0, 0.05) is 38.3 Å². The largest absolute Gasteiger partial charge is 0.492 e. The minimum absolute atomic E-state index is 0.0606. The molecule has 6 nitrogen and oxygen atoms in total. The highest BCUT2D eigenvalue weighted by molar-refractivity contribution is 5.94. The summed E-state index contributed by atoms with van der Waals surface area (Å²) in [5, 5.41) is 0. The Bertz CT molecular complexity index is 926. The first-order valence-corrected chi connectivity index (χ1v) is 10.6. The van der Waals surface area contributed by atoms with Crippen LogP contribution >= 0.6 is 0 Å². The maximum absolute atomic E-state index is 14.4. The van der Waals surface area contributed by atoms with E-state index in [4.69, 9.17) is 4.74 Å². The Kier molecular flexibility index (Phi) is 7.63. The first-order chi connectivity index (χ1) is 14.8. The molecule has 7 heteroatoms. The molecule has 3 rings (SSSR count). The molecule has 1 aliphatic rings. The zero-order valence-electron chi connectivity index (χ0n) is 18.4. The highest BCUT2D eigenvalue weighted by atomic mass is 19.1. The summed E-state index contributed by atoms with van der Waals surface area (Å²) in [6, 6.07) is 12.4. The van der Waals surface area contributed by atoms with Crippen LogP contribution in [-0.4, -0.2) is 74.4 Å². The summed E-state index contributed by atoms with van der Waals surface area (Å²) in [6.07, 6.45) is 0. The van der Waals surface area contributed by atoms with Gasteiger partial charge in [0.15, 0.2) is 5.78 Å². The number of rotatable bonds is 8. The number of halogens is 1. The number of anilines is 1. The van der Waals surface area contributed by atoms with Crippen LogP contribution in [0.5, 0.6) is 5.75 Å². The quantitative estimate of drug-likeness (QED) is 0.607. The van der Waals surface area contributed by atoms with Crippen LogP contribution in [0.3, 0.4) is 0 Å². The predicted octanol–water partition coefficient (Wildman–Crippen LogP) is 3.00. The number of nitrogens with zero attached hydrogens (tertiary/aromatic N) is 3. The molecule has 1 heterocycles. The summed E-state index contributed by atoms with van der Waals surface area (Å²) < 4.78 is 20.2. The van der Waals surface area contributed by atoms with E-state index in [1.54, 1.807) is 12.1 Å². The molecule has 0 aromatic heterocycles. The molecule has 31 heavy (non-hydrogen) atoms. The van der Waals surface area contributed by atoms with Gasteiger partial charge in [0.25, 0.3) is 0 Å². The number of Topliss-reactive ketones (excluding diaryl/α,β-unsaturated/α-hetero) is 1. The third-order valence-electron chi connectivity index (χ3n) is 5.56. The molecule has 2 aromatic carbocycles. The average molecular weight is 428 g/mol. The van der Waals surface area contributed by atoms with E-state index in [-0.39, 0.29) is 11.7 Å². The number of para-hydroxylation sites is 1. The van der Waals surface area contributed by atoms with Gasteiger partial charge in [-0.05, 0) is 50.7 Å². The lowest BCUT2D eigenvalue weighted by atomic mass is 10.1. The van der Waals surface area contributed by atoms with Crippen LogP contribution in [0, 0.1) is 12.7 Å². The van der Waals surface area contributed by atoms with E-state index in [2.05, 4.69) is 0 Å². The van der Waals surface area contributed by atoms with Gasteiger partial charge in [-0.3, -0.25) is 14.5 Å². The van der Waals surface area contributed by atoms with E-state index < -0.39 is 5.82 Å². The topological polar surface area (TPSA) is 53.1 Å². The highest BCUT2D eigenvalue weighted by Gasteiger charge is 2.23. The van der Waals surface area contributed by atoms with Crippen molar-refractivity contribution in [1.82, 2.24) is 9.80 Å². The summed E-state index contributed by atoms with van der Waals surface area (Å²) in [6.45, 7) is 7.10. The molecule has 0 unspecified atom stereocenters. The highest BCUT2D eigenvalue weighted by Crippen LogP contribution is 2.22. The summed E-state index contributed by atoms with van der Waals surface area (Å²) in [4.78, 5) is 29.7. The van der Waals surface area contributed by atoms with Gasteiger partial charge in [-0.25, -0.2) is 4.39 Å². The maximum Gasteiger partial charge on any atom is 0.236 e. The fourth-order valence-corrected chi connectivity index (χ4v) is 3.62. The molecule has 0 saturated carbocycles. The molecule has 2 aromatic rings. The number of ether oxygens (including phenoxy) is 1. The van der Waals surface area contributed by atoms with Crippen molar-refractivity contribution in [3.05, 3.63) is 59.4 Å². The zero-order chi connectivity index (χ0) is 22.4. The summed E-state index contributed by atoms with van der Waals surface area (Å²) in [5.41, 5.74) is 1.93. The molecule has 0 spiro atoms. The lowest BCUT2D eigenvalue weighted by Crippen LogP contribution is -2.51. The van der Waals surface area contributed by atoms with Gasteiger partial charge in [0.05, 0.1) is 12.2 Å². The Morgan fingerprint density at radius 3 is 2.45 bits per heavy atom. The van der Waals surface area contributed by atoms with Crippen LogP contribution in [-0.2, 0) is 4.79 Å². The Morgan fingerprint density at radius 2 is 1.81 bits per heavy atom. The molecule has 166 valence electrons. The molecule has 0 N–H and O–H groups in total. The molecule has 0 radical (unpaired) electrons. The molecule has 0 aliphatic carbocycles. The lowest BCUT2D eigenvalue weighted by molar-refractivity contribution is -0.132. The normalized spacial score (nSPS) is 14.1. The van der Waals surface area contributed by atoms with E-state index in [1.165, 1.54) is 13.0 Å². The van der Waals surface area contributed by atoms with Crippen molar-refractivity contribution in [2.75, 3.05) is 57.8 Å². The van der Waals surface area contributed by atoms with Crippen LogP contribution in [0.1, 0.15) is 22.8 Å². The van der Waals surface area contributed by atoms with Crippen molar-refractivity contribution in [3.8, 4) is 5.75 Å². The maximum atomic E-state index is 14.4. The Morgan fingerprint density at radius 1 is 1.10 bits per heavy atom. The Balaban J connectivity index is 1.43. The number of benzene rings is 2. The van der Waals surface area contributed by atoms with Gasteiger partial charge in [-0.15, -0.1) is 0 Å². The van der Waals surface area contributed by atoms with Crippen LogP contribution in [0.4, 0.5) is 10.1 Å². The molecule has 1 amide bonds. The Labute approximate surface area is 183 Å². The van der Waals surface area contributed by atoms with Crippen molar-refractivity contribution < 1.29 is 18.7 Å². The number of ketones is 1. The van der Waals surface area contributed by atoms with Crippen molar-refractivity contribution in [2.24, 2.45) is 0 Å². The van der Waals surface area contributed by atoms with Gasteiger partial charge in [-0.1, -0.05) is 18.2 Å². The van der Waals surface area contributed by atoms with E-state index in [9.17, 15) is 14.0 Å². The predicted molar refractivity (Wildman–Crippen MR) is 119 cm³/mol. The number of aryl methyl sites for hydroxylation is 1. The van der Waals surface area contributed by atoms with Crippen molar-refractivity contribution in [3.63, 3.8) is 0 Å². The molecular formula is C24H30FN3O3. The van der Waals surface area contributed by atoms with Crippen LogP contribution < -0.4 is 9.64 Å². The van der Waals surface area contributed by atoms with Crippen LogP contribution in [0.2, 0.25) is 0 Å². The van der Waals surface area contributed by atoms with Crippen LogP contribution in [0.25, 0.3) is 0 Å². The molecule has 0 bridgehead atoms. The molecule has 1 saturated heterocycles. The number of hydrogen-bond donors (Lipinski definition) is 0. The fourth-order valence-electron chi connectivity index (χ4n) is 3.62. The van der Waals surface area contributed by atoms with Gasteiger partial charge in [0.1, 0.15) is 18.2 Å². The average Bonchev–Trinajstić information content (AvgIpc) is 2.75. The van der Waals surface area contributed by atoms with E-state index in [0.717, 1.165) is 11.3 Å².